The van der Waals surface area contributed by atoms with Gasteiger partial charge in [-0.2, -0.15) is 0 Å². The zero-order valence-electron chi connectivity index (χ0n) is 11.7. The Morgan fingerprint density at radius 3 is 2.20 bits per heavy atom. The molecule has 0 saturated carbocycles. The summed E-state index contributed by atoms with van der Waals surface area (Å²) in [5.74, 6) is -0.966. The minimum absolute atomic E-state index is 0.118. The summed E-state index contributed by atoms with van der Waals surface area (Å²) in [4.78, 5) is 24.6. The number of rotatable bonds is 6. The summed E-state index contributed by atoms with van der Waals surface area (Å²) >= 11 is 0. The van der Waals surface area contributed by atoms with Crippen LogP contribution in [0.2, 0.25) is 0 Å². The average Bonchev–Trinajstić information content (AvgIpc) is 2.41. The molecule has 2 amide bonds. The highest BCUT2D eigenvalue weighted by Crippen LogP contribution is 2.11. The van der Waals surface area contributed by atoms with E-state index in [0.717, 1.165) is 5.56 Å². The SMILES string of the molecule is CCN(CC)C(=O)N[C@H](Cc1ccc(O)cc1)C(=O)O. The van der Waals surface area contributed by atoms with Gasteiger partial charge in [0, 0.05) is 19.5 Å². The molecular formula is C14H20N2O4. The maximum Gasteiger partial charge on any atom is 0.326 e. The first kappa shape index (κ1) is 15.8. The highest BCUT2D eigenvalue weighted by molar-refractivity contribution is 5.82. The number of phenols is 1. The van der Waals surface area contributed by atoms with Gasteiger partial charge in [-0.05, 0) is 31.5 Å². The van der Waals surface area contributed by atoms with Crippen LogP contribution in [0.15, 0.2) is 24.3 Å². The van der Waals surface area contributed by atoms with Gasteiger partial charge in [-0.25, -0.2) is 9.59 Å². The Morgan fingerprint density at radius 1 is 1.20 bits per heavy atom. The van der Waals surface area contributed by atoms with Gasteiger partial charge in [0.2, 0.25) is 0 Å². The molecule has 0 bridgehead atoms. The topological polar surface area (TPSA) is 89.9 Å². The second-order valence-corrected chi connectivity index (χ2v) is 4.38. The Bertz CT molecular complexity index is 455. The summed E-state index contributed by atoms with van der Waals surface area (Å²) in [6.07, 6.45) is 0.169. The van der Waals surface area contributed by atoms with Gasteiger partial charge < -0.3 is 20.4 Å². The van der Waals surface area contributed by atoms with Crippen molar-refractivity contribution < 1.29 is 19.8 Å². The number of hydrogen-bond donors (Lipinski definition) is 3. The third kappa shape index (κ3) is 4.46. The Kier molecular flexibility index (Phi) is 5.83. The molecule has 0 heterocycles. The molecular weight excluding hydrogens is 260 g/mol. The summed E-state index contributed by atoms with van der Waals surface area (Å²) in [5, 5.41) is 20.9. The molecule has 110 valence electrons. The van der Waals surface area contributed by atoms with Gasteiger partial charge in [-0.3, -0.25) is 0 Å². The number of nitrogens with one attached hydrogen (secondary N) is 1. The molecule has 6 nitrogen and oxygen atoms in total. The quantitative estimate of drug-likeness (QED) is 0.735. The van der Waals surface area contributed by atoms with Crippen LogP contribution in [0.3, 0.4) is 0 Å². The number of amides is 2. The highest BCUT2D eigenvalue weighted by atomic mass is 16.4. The van der Waals surface area contributed by atoms with Crippen molar-refractivity contribution in [2.75, 3.05) is 13.1 Å². The lowest BCUT2D eigenvalue weighted by Gasteiger charge is -2.22. The summed E-state index contributed by atoms with van der Waals surface area (Å²) in [7, 11) is 0. The van der Waals surface area contributed by atoms with E-state index < -0.39 is 12.0 Å². The van der Waals surface area contributed by atoms with Crippen molar-refractivity contribution in [2.45, 2.75) is 26.3 Å². The number of aliphatic carboxylic acids is 1. The van der Waals surface area contributed by atoms with Crippen molar-refractivity contribution in [1.29, 1.82) is 0 Å². The molecule has 0 unspecified atom stereocenters. The van der Waals surface area contributed by atoms with Crippen LogP contribution in [0.4, 0.5) is 4.79 Å². The number of aromatic hydroxyl groups is 1. The second-order valence-electron chi connectivity index (χ2n) is 4.38. The third-order valence-corrected chi connectivity index (χ3v) is 3.02. The van der Waals surface area contributed by atoms with E-state index in [4.69, 9.17) is 0 Å². The van der Waals surface area contributed by atoms with Gasteiger partial charge in [-0.1, -0.05) is 12.1 Å². The van der Waals surface area contributed by atoms with Crippen LogP contribution in [0.5, 0.6) is 5.75 Å². The largest absolute Gasteiger partial charge is 0.508 e. The van der Waals surface area contributed by atoms with Gasteiger partial charge in [0.15, 0.2) is 0 Å². The summed E-state index contributed by atoms with van der Waals surface area (Å²) in [6, 6.07) is 4.86. The molecule has 0 saturated heterocycles. The van der Waals surface area contributed by atoms with Crippen LogP contribution in [0.25, 0.3) is 0 Å². The van der Waals surface area contributed by atoms with Gasteiger partial charge in [-0.15, -0.1) is 0 Å². The zero-order valence-corrected chi connectivity index (χ0v) is 11.7. The van der Waals surface area contributed by atoms with Crippen LogP contribution >= 0.6 is 0 Å². The maximum atomic E-state index is 11.9. The fourth-order valence-electron chi connectivity index (χ4n) is 1.82. The Hall–Kier alpha value is -2.24. The summed E-state index contributed by atoms with van der Waals surface area (Å²) in [5.41, 5.74) is 0.732. The van der Waals surface area contributed by atoms with Crippen molar-refractivity contribution in [3.8, 4) is 5.75 Å². The van der Waals surface area contributed by atoms with Gasteiger partial charge >= 0.3 is 12.0 Å². The van der Waals surface area contributed by atoms with Crippen molar-refractivity contribution in [2.24, 2.45) is 0 Å². The number of carbonyl (C=O) groups excluding carboxylic acids is 1. The molecule has 0 fully saturated rings. The third-order valence-electron chi connectivity index (χ3n) is 3.02. The molecule has 0 aliphatic rings. The van der Waals surface area contributed by atoms with Crippen LogP contribution in [0.1, 0.15) is 19.4 Å². The van der Waals surface area contributed by atoms with E-state index in [1.165, 1.54) is 17.0 Å². The smallest absolute Gasteiger partial charge is 0.326 e. The molecule has 0 radical (unpaired) electrons. The van der Waals surface area contributed by atoms with E-state index in [1.807, 2.05) is 13.8 Å². The maximum absolute atomic E-state index is 11.9. The first-order chi connectivity index (χ1) is 9.47. The zero-order chi connectivity index (χ0) is 15.1. The first-order valence-corrected chi connectivity index (χ1v) is 6.54. The number of phenolic OH excluding ortho intramolecular Hbond substituents is 1. The second kappa shape index (κ2) is 7.37. The monoisotopic (exact) mass is 280 g/mol. The van der Waals surface area contributed by atoms with Gasteiger partial charge in [0.1, 0.15) is 11.8 Å². The molecule has 1 aromatic rings. The number of carbonyl (C=O) groups is 2. The van der Waals surface area contributed by atoms with E-state index in [9.17, 15) is 19.8 Å². The molecule has 0 aliphatic heterocycles. The molecule has 3 N–H and O–H groups in total. The van der Waals surface area contributed by atoms with Crippen molar-refractivity contribution in [3.63, 3.8) is 0 Å². The lowest BCUT2D eigenvalue weighted by molar-refractivity contribution is -0.139. The molecule has 0 aliphatic carbocycles. The van der Waals surface area contributed by atoms with Crippen LogP contribution in [-0.2, 0) is 11.2 Å². The van der Waals surface area contributed by atoms with Crippen LogP contribution in [0, 0.1) is 0 Å². The number of hydrogen-bond acceptors (Lipinski definition) is 3. The molecule has 0 spiro atoms. The molecule has 1 rings (SSSR count). The minimum atomic E-state index is -1.08. The lowest BCUT2D eigenvalue weighted by Crippen LogP contribution is -2.48. The molecule has 6 heteroatoms. The molecule has 0 aromatic heterocycles. The van der Waals surface area contributed by atoms with Crippen molar-refractivity contribution in [3.05, 3.63) is 29.8 Å². The average molecular weight is 280 g/mol. The molecule has 1 atom stereocenters. The molecule has 20 heavy (non-hydrogen) atoms. The fourth-order valence-corrected chi connectivity index (χ4v) is 1.82. The van der Waals surface area contributed by atoms with E-state index in [0.29, 0.717) is 13.1 Å². The number of benzene rings is 1. The first-order valence-electron chi connectivity index (χ1n) is 6.54. The molecule has 1 aromatic carbocycles. The van der Waals surface area contributed by atoms with Gasteiger partial charge in [0.05, 0.1) is 0 Å². The Morgan fingerprint density at radius 2 is 1.75 bits per heavy atom. The number of carboxylic acid groups (broad SMARTS) is 1. The predicted molar refractivity (Wildman–Crippen MR) is 74.7 cm³/mol. The number of urea groups is 1. The Labute approximate surface area is 118 Å². The van der Waals surface area contributed by atoms with Crippen LogP contribution in [-0.4, -0.2) is 46.2 Å². The van der Waals surface area contributed by atoms with E-state index in [1.54, 1.807) is 12.1 Å². The Balaban J connectivity index is 2.72. The number of carboxylic acids is 1. The van der Waals surface area contributed by atoms with Crippen molar-refractivity contribution >= 4 is 12.0 Å². The summed E-state index contributed by atoms with van der Waals surface area (Å²) in [6.45, 7) is 4.71. The fraction of sp³-hybridized carbons (Fsp3) is 0.429. The van der Waals surface area contributed by atoms with E-state index in [2.05, 4.69) is 5.32 Å². The summed E-state index contributed by atoms with van der Waals surface area (Å²) < 4.78 is 0. The van der Waals surface area contributed by atoms with E-state index in [-0.39, 0.29) is 18.2 Å². The lowest BCUT2D eigenvalue weighted by atomic mass is 10.1. The number of nitrogens with zero attached hydrogens (tertiary/aromatic N) is 1. The van der Waals surface area contributed by atoms with Gasteiger partial charge in [0.25, 0.3) is 0 Å². The normalized spacial score (nSPS) is 11.7. The van der Waals surface area contributed by atoms with Crippen LogP contribution < -0.4 is 5.32 Å². The minimum Gasteiger partial charge on any atom is -0.508 e. The highest BCUT2D eigenvalue weighted by Gasteiger charge is 2.22. The van der Waals surface area contributed by atoms with E-state index >= 15 is 0 Å². The van der Waals surface area contributed by atoms with Crippen molar-refractivity contribution in [1.82, 2.24) is 10.2 Å². The standard InChI is InChI=1S/C14H20N2O4/c1-3-16(4-2)14(20)15-12(13(18)19)9-10-5-7-11(17)8-6-10/h5-8,12,17H,3-4,9H2,1-2H3,(H,15,20)(H,18,19)/t12-/m1/s1. The predicted octanol–water partition coefficient (Wildman–Crippen LogP) is 1.44.